The van der Waals surface area contributed by atoms with E-state index in [4.69, 9.17) is 14.5 Å². The third-order valence-electron chi connectivity index (χ3n) is 4.90. The van der Waals surface area contributed by atoms with E-state index >= 15 is 0 Å². The Balaban J connectivity index is 2.16. The average Bonchev–Trinajstić information content (AvgIpc) is 2.75. The molecule has 0 radical (unpaired) electrons. The normalized spacial score (nSPS) is 12.5. The number of rotatable bonds is 6. The van der Waals surface area contributed by atoms with Crippen molar-refractivity contribution in [2.24, 2.45) is 10.5 Å². The molecule has 9 heteroatoms. The Bertz CT molecular complexity index is 1340. The van der Waals surface area contributed by atoms with E-state index < -0.39 is 5.41 Å². The van der Waals surface area contributed by atoms with Gasteiger partial charge in [0.1, 0.15) is 5.82 Å². The summed E-state index contributed by atoms with van der Waals surface area (Å²) in [6.45, 7) is 15.3. The molecule has 0 atom stereocenters. The molecule has 0 spiro atoms. The van der Waals surface area contributed by atoms with Crippen LogP contribution in [0.1, 0.15) is 59.9 Å². The van der Waals surface area contributed by atoms with Crippen LogP contribution in [0.2, 0.25) is 0 Å². The summed E-state index contributed by atoms with van der Waals surface area (Å²) in [5.41, 5.74) is 0.708. The lowest BCUT2D eigenvalue weighted by Crippen LogP contribution is -2.29. The van der Waals surface area contributed by atoms with Crippen LogP contribution in [-0.4, -0.2) is 29.1 Å². The lowest BCUT2D eigenvalue weighted by atomic mass is 9.95. The number of aromatic nitrogens is 2. The fourth-order valence-corrected chi connectivity index (χ4v) is 4.54. The second-order valence-electron chi connectivity index (χ2n) is 10.4. The molecule has 3 rings (SSSR count). The Morgan fingerprint density at radius 3 is 2.31 bits per heavy atom. The van der Waals surface area contributed by atoms with Crippen LogP contribution in [0.3, 0.4) is 0 Å². The lowest BCUT2D eigenvalue weighted by molar-refractivity contribution is 0.187. The summed E-state index contributed by atoms with van der Waals surface area (Å²) in [6.07, 6.45) is 1.63. The van der Waals surface area contributed by atoms with Gasteiger partial charge in [-0.05, 0) is 68.5 Å². The molecule has 0 saturated carbocycles. The van der Waals surface area contributed by atoms with E-state index in [0.29, 0.717) is 41.4 Å². The molecule has 1 aromatic heterocycles. The Hall–Kier alpha value is -1.71. The van der Waals surface area contributed by atoms with Gasteiger partial charge in [-0.2, -0.15) is 9.78 Å². The van der Waals surface area contributed by atoms with E-state index in [9.17, 15) is 4.79 Å². The van der Waals surface area contributed by atoms with Crippen LogP contribution in [0.15, 0.2) is 47.6 Å². The van der Waals surface area contributed by atoms with Crippen molar-refractivity contribution in [1.29, 1.82) is 0 Å². The minimum absolute atomic E-state index is 0.0157. The molecular weight excluding hydrogens is 642 g/mol. The van der Waals surface area contributed by atoms with Gasteiger partial charge in [-0.3, -0.25) is 4.79 Å². The predicted molar refractivity (Wildman–Crippen MR) is 153 cm³/mol. The third-order valence-corrected chi connectivity index (χ3v) is 7.53. The van der Waals surface area contributed by atoms with E-state index in [0.717, 1.165) is 19.0 Å². The summed E-state index contributed by atoms with van der Waals surface area (Å²) < 4.78 is 15.6. The first-order valence-corrected chi connectivity index (χ1v) is 13.7. The first-order chi connectivity index (χ1) is 16.2. The molecule has 1 heterocycles. The summed E-state index contributed by atoms with van der Waals surface area (Å²) in [7, 11) is 0. The van der Waals surface area contributed by atoms with E-state index in [1.165, 1.54) is 4.68 Å². The molecule has 0 fully saturated rings. The quantitative estimate of drug-likeness (QED) is 0.252. The Kier molecular flexibility index (Phi) is 8.54. The second kappa shape index (κ2) is 10.7. The van der Waals surface area contributed by atoms with Gasteiger partial charge in [-0.1, -0.05) is 57.5 Å². The molecule has 0 saturated heterocycles. The highest BCUT2D eigenvalue weighted by Gasteiger charge is 2.24. The topological polar surface area (TPSA) is 65.7 Å². The number of nitrogens with zero attached hydrogens (tertiary/aromatic N) is 3. The highest BCUT2D eigenvalue weighted by molar-refractivity contribution is 9.13. The van der Waals surface area contributed by atoms with Gasteiger partial charge in [0.15, 0.2) is 11.5 Å². The fourth-order valence-electron chi connectivity index (χ4n) is 3.25. The van der Waals surface area contributed by atoms with Gasteiger partial charge in [0.25, 0.3) is 5.56 Å². The highest BCUT2D eigenvalue weighted by Crippen LogP contribution is 2.43. The van der Waals surface area contributed by atoms with Gasteiger partial charge in [-0.15, -0.1) is 0 Å². The van der Waals surface area contributed by atoms with Gasteiger partial charge in [0.05, 0.1) is 34.8 Å². The maximum absolute atomic E-state index is 13.4. The summed E-state index contributed by atoms with van der Waals surface area (Å²) >= 11 is 10.7. The van der Waals surface area contributed by atoms with Gasteiger partial charge >= 0.3 is 0 Å². The molecule has 35 heavy (non-hydrogen) atoms. The Morgan fingerprint density at radius 1 is 1.03 bits per heavy atom. The SMILES string of the molecule is CCOc1cc(C=Nn2c(C(C)(C)C)nc3ccc(Br)cc3c2=O)c(Br)c(Br)c1OCC(C)(C)C. The first kappa shape index (κ1) is 27.9. The van der Waals surface area contributed by atoms with Crippen molar-refractivity contribution in [1.82, 2.24) is 9.66 Å². The molecule has 0 unspecified atom stereocenters. The highest BCUT2D eigenvalue weighted by atomic mass is 79.9. The molecule has 0 N–H and O–H groups in total. The molecule has 6 nitrogen and oxygen atoms in total. The molecule has 0 amide bonds. The van der Waals surface area contributed by atoms with Gasteiger partial charge in [0, 0.05) is 19.9 Å². The first-order valence-electron chi connectivity index (χ1n) is 11.3. The number of fused-ring (bicyclic) bond motifs is 1. The number of ether oxygens (including phenoxy) is 2. The molecule has 0 bridgehead atoms. The number of hydrogen-bond donors (Lipinski definition) is 0. The summed E-state index contributed by atoms with van der Waals surface area (Å²) in [5.74, 6) is 1.78. The average molecular weight is 672 g/mol. The monoisotopic (exact) mass is 669 g/mol. The fraction of sp³-hybridized carbons (Fsp3) is 0.423. The van der Waals surface area contributed by atoms with E-state index in [2.05, 4.69) is 73.7 Å². The molecule has 2 aromatic carbocycles. The van der Waals surface area contributed by atoms with Gasteiger partial charge in [-0.25, -0.2) is 4.98 Å². The van der Waals surface area contributed by atoms with Crippen LogP contribution in [-0.2, 0) is 5.41 Å². The number of hydrogen-bond acceptors (Lipinski definition) is 5. The lowest BCUT2D eigenvalue weighted by Gasteiger charge is -2.22. The molecule has 0 aliphatic heterocycles. The van der Waals surface area contributed by atoms with Crippen molar-refractivity contribution in [2.75, 3.05) is 13.2 Å². The summed E-state index contributed by atoms with van der Waals surface area (Å²) in [5, 5.41) is 5.09. The number of halogens is 3. The van der Waals surface area contributed by atoms with Crippen LogP contribution in [0, 0.1) is 5.41 Å². The molecule has 0 aliphatic rings. The zero-order valence-corrected chi connectivity index (χ0v) is 25.8. The van der Waals surface area contributed by atoms with E-state index in [1.807, 2.05) is 45.9 Å². The van der Waals surface area contributed by atoms with Crippen molar-refractivity contribution in [3.8, 4) is 11.5 Å². The van der Waals surface area contributed by atoms with Crippen LogP contribution in [0.5, 0.6) is 11.5 Å². The van der Waals surface area contributed by atoms with Crippen molar-refractivity contribution in [3.63, 3.8) is 0 Å². The van der Waals surface area contributed by atoms with E-state index in [-0.39, 0.29) is 11.0 Å². The number of benzene rings is 2. The molecular formula is C26H30Br3N3O3. The zero-order chi connectivity index (χ0) is 26.1. The maximum Gasteiger partial charge on any atom is 0.282 e. The van der Waals surface area contributed by atoms with E-state index in [1.54, 1.807) is 12.3 Å². The van der Waals surface area contributed by atoms with Crippen LogP contribution >= 0.6 is 47.8 Å². The van der Waals surface area contributed by atoms with Crippen LogP contribution < -0.4 is 15.0 Å². The van der Waals surface area contributed by atoms with Crippen molar-refractivity contribution in [3.05, 3.63) is 59.4 Å². The second-order valence-corrected chi connectivity index (χ2v) is 12.9. The smallest absolute Gasteiger partial charge is 0.282 e. The summed E-state index contributed by atoms with van der Waals surface area (Å²) in [4.78, 5) is 18.2. The Labute approximate surface area is 231 Å². The van der Waals surface area contributed by atoms with Gasteiger partial charge < -0.3 is 9.47 Å². The van der Waals surface area contributed by atoms with Crippen LogP contribution in [0.25, 0.3) is 10.9 Å². The van der Waals surface area contributed by atoms with Crippen molar-refractivity contribution >= 4 is 64.9 Å². The minimum atomic E-state index is -0.406. The van der Waals surface area contributed by atoms with Crippen molar-refractivity contribution < 1.29 is 9.47 Å². The predicted octanol–water partition coefficient (Wildman–Crippen LogP) is 7.69. The maximum atomic E-state index is 13.4. The molecule has 188 valence electrons. The van der Waals surface area contributed by atoms with Crippen LogP contribution in [0.4, 0.5) is 0 Å². The van der Waals surface area contributed by atoms with Crippen molar-refractivity contribution in [2.45, 2.75) is 53.9 Å². The minimum Gasteiger partial charge on any atom is -0.490 e. The molecule has 0 aliphatic carbocycles. The third kappa shape index (κ3) is 6.54. The van der Waals surface area contributed by atoms with Gasteiger partial charge in [0.2, 0.25) is 0 Å². The molecule has 3 aromatic rings. The standard InChI is InChI=1S/C26H30Br3N3O3/c1-8-34-19-11-15(20(28)21(29)22(19)35-14-25(2,3)4)13-30-32-23(33)17-12-16(27)9-10-18(17)31-24(32)26(5,6)7/h9-13H,8,14H2,1-7H3. The zero-order valence-electron chi connectivity index (χ0n) is 21.0. The summed E-state index contributed by atoms with van der Waals surface area (Å²) in [6, 6.07) is 7.33. The Morgan fingerprint density at radius 2 is 1.71 bits per heavy atom. The largest absolute Gasteiger partial charge is 0.490 e.